The fourth-order valence-electron chi connectivity index (χ4n) is 2.70. The van der Waals surface area contributed by atoms with Gasteiger partial charge in [-0.05, 0) is 38.4 Å². The highest BCUT2D eigenvalue weighted by Gasteiger charge is 2.26. The van der Waals surface area contributed by atoms with E-state index in [4.69, 9.17) is 0 Å². The molecule has 3 nitrogen and oxygen atoms in total. The van der Waals surface area contributed by atoms with Crippen LogP contribution in [0.5, 0.6) is 0 Å². The molecule has 0 aliphatic carbocycles. The highest BCUT2D eigenvalue weighted by molar-refractivity contribution is 5.78. The zero-order chi connectivity index (χ0) is 13.0. The second-order valence-corrected chi connectivity index (χ2v) is 5.01. The Morgan fingerprint density at radius 2 is 1.89 bits per heavy atom. The Balaban J connectivity index is 1.92. The van der Waals surface area contributed by atoms with Gasteiger partial charge in [0.15, 0.2) is 0 Å². The maximum Gasteiger partial charge on any atom is 0.222 e. The summed E-state index contributed by atoms with van der Waals surface area (Å²) >= 11 is 0. The summed E-state index contributed by atoms with van der Waals surface area (Å²) in [5.74, 6) is 0.399. The van der Waals surface area contributed by atoms with Gasteiger partial charge < -0.3 is 5.32 Å². The van der Waals surface area contributed by atoms with Gasteiger partial charge in [-0.3, -0.25) is 9.69 Å². The molecule has 98 valence electrons. The average molecular weight is 246 g/mol. The fourth-order valence-corrected chi connectivity index (χ4v) is 2.70. The molecule has 18 heavy (non-hydrogen) atoms. The molecule has 1 aromatic rings. The molecule has 0 saturated carbocycles. The summed E-state index contributed by atoms with van der Waals surface area (Å²) in [5.41, 5.74) is 1.36. The molecule has 1 aromatic carbocycles. The minimum atomic E-state index is 0.196. The number of hydrogen-bond donors (Lipinski definition) is 1. The molecule has 1 unspecified atom stereocenters. The molecule has 1 aliphatic rings. The van der Waals surface area contributed by atoms with Crippen molar-refractivity contribution >= 4 is 5.91 Å². The summed E-state index contributed by atoms with van der Waals surface area (Å²) in [6, 6.07) is 11.0. The smallest absolute Gasteiger partial charge is 0.222 e. The van der Waals surface area contributed by atoms with E-state index in [-0.39, 0.29) is 11.8 Å². The van der Waals surface area contributed by atoms with Gasteiger partial charge in [-0.2, -0.15) is 0 Å². The third-order valence-electron chi connectivity index (χ3n) is 3.98. The maximum absolute atomic E-state index is 11.6. The Morgan fingerprint density at radius 3 is 2.44 bits per heavy atom. The summed E-state index contributed by atoms with van der Waals surface area (Å²) in [4.78, 5) is 14.1. The highest BCUT2D eigenvalue weighted by atomic mass is 16.1. The van der Waals surface area contributed by atoms with Crippen LogP contribution in [0.2, 0.25) is 0 Å². The molecule has 2 rings (SSSR count). The molecule has 0 spiro atoms. The number of rotatable bonds is 3. The molecule has 1 amide bonds. The first-order chi connectivity index (χ1) is 8.72. The molecule has 1 heterocycles. The average Bonchev–Trinajstić information content (AvgIpc) is 2.47. The van der Waals surface area contributed by atoms with Crippen LogP contribution < -0.4 is 5.32 Å². The summed E-state index contributed by atoms with van der Waals surface area (Å²) in [6.07, 6.45) is 1.94. The Bertz CT molecular complexity index is 383. The van der Waals surface area contributed by atoms with E-state index in [1.807, 2.05) is 6.07 Å². The van der Waals surface area contributed by atoms with Crippen LogP contribution in [0.15, 0.2) is 30.3 Å². The minimum Gasteiger partial charge on any atom is -0.359 e. The predicted molar refractivity (Wildman–Crippen MR) is 73.2 cm³/mol. The predicted octanol–water partition coefficient (Wildman–Crippen LogP) is 2.21. The Morgan fingerprint density at radius 1 is 1.28 bits per heavy atom. The Hall–Kier alpha value is -1.35. The summed E-state index contributed by atoms with van der Waals surface area (Å²) in [6.45, 7) is 4.26. The zero-order valence-corrected chi connectivity index (χ0v) is 11.2. The molecule has 1 N–H and O–H groups in total. The van der Waals surface area contributed by atoms with Crippen molar-refractivity contribution in [2.45, 2.75) is 25.8 Å². The van der Waals surface area contributed by atoms with Crippen molar-refractivity contribution in [3.8, 4) is 0 Å². The van der Waals surface area contributed by atoms with Gasteiger partial charge in [0.25, 0.3) is 0 Å². The van der Waals surface area contributed by atoms with Crippen molar-refractivity contribution in [3.63, 3.8) is 0 Å². The molecular formula is C15H22N2O. The van der Waals surface area contributed by atoms with Gasteiger partial charge in [-0.25, -0.2) is 0 Å². The Labute approximate surface area is 109 Å². The lowest BCUT2D eigenvalue weighted by Gasteiger charge is -2.35. The van der Waals surface area contributed by atoms with E-state index in [0.29, 0.717) is 6.04 Å². The van der Waals surface area contributed by atoms with E-state index in [2.05, 4.69) is 41.4 Å². The molecular weight excluding hydrogens is 224 g/mol. The standard InChI is InChI=1S/C15H22N2O/c1-12(13-6-4-3-5-7-13)17-10-8-14(9-11-17)15(18)16-2/h3-7,12,14H,8-11H2,1-2H3,(H,16,18). The van der Waals surface area contributed by atoms with E-state index in [9.17, 15) is 4.79 Å². The van der Waals surface area contributed by atoms with E-state index in [1.54, 1.807) is 7.05 Å². The van der Waals surface area contributed by atoms with Crippen LogP contribution in [0.25, 0.3) is 0 Å². The van der Waals surface area contributed by atoms with Crippen molar-refractivity contribution < 1.29 is 4.79 Å². The lowest BCUT2D eigenvalue weighted by Crippen LogP contribution is -2.40. The van der Waals surface area contributed by atoms with Gasteiger partial charge in [0, 0.05) is 19.0 Å². The summed E-state index contributed by atoms with van der Waals surface area (Å²) < 4.78 is 0. The molecule has 1 fully saturated rings. The first kappa shape index (κ1) is 13.1. The topological polar surface area (TPSA) is 32.3 Å². The zero-order valence-electron chi connectivity index (χ0n) is 11.2. The van der Waals surface area contributed by atoms with Crippen LogP contribution in [0.3, 0.4) is 0 Å². The SMILES string of the molecule is CNC(=O)C1CCN(C(C)c2ccccc2)CC1. The van der Waals surface area contributed by atoms with Gasteiger partial charge >= 0.3 is 0 Å². The van der Waals surface area contributed by atoms with Crippen molar-refractivity contribution in [1.82, 2.24) is 10.2 Å². The number of likely N-dealkylation sites (tertiary alicyclic amines) is 1. The van der Waals surface area contributed by atoms with E-state index in [1.165, 1.54) is 5.56 Å². The van der Waals surface area contributed by atoms with Crippen LogP contribution in [0.1, 0.15) is 31.4 Å². The number of benzene rings is 1. The van der Waals surface area contributed by atoms with Gasteiger partial charge in [0.2, 0.25) is 5.91 Å². The number of nitrogens with one attached hydrogen (secondary N) is 1. The van der Waals surface area contributed by atoms with Gasteiger partial charge in [-0.15, -0.1) is 0 Å². The molecule has 1 saturated heterocycles. The van der Waals surface area contributed by atoms with E-state index in [0.717, 1.165) is 25.9 Å². The van der Waals surface area contributed by atoms with Crippen molar-refractivity contribution in [2.75, 3.05) is 20.1 Å². The van der Waals surface area contributed by atoms with Crippen LogP contribution in [0.4, 0.5) is 0 Å². The van der Waals surface area contributed by atoms with Gasteiger partial charge in [0.1, 0.15) is 0 Å². The lowest BCUT2D eigenvalue weighted by atomic mass is 9.94. The van der Waals surface area contributed by atoms with Crippen LogP contribution in [-0.2, 0) is 4.79 Å². The van der Waals surface area contributed by atoms with E-state index < -0.39 is 0 Å². The summed E-state index contributed by atoms with van der Waals surface area (Å²) in [7, 11) is 1.72. The number of piperidine rings is 1. The second kappa shape index (κ2) is 6.01. The first-order valence-corrected chi connectivity index (χ1v) is 6.73. The quantitative estimate of drug-likeness (QED) is 0.887. The molecule has 1 aliphatic heterocycles. The Kier molecular flexibility index (Phi) is 4.37. The monoisotopic (exact) mass is 246 g/mol. The number of nitrogens with zero attached hydrogens (tertiary/aromatic N) is 1. The normalized spacial score (nSPS) is 19.4. The number of hydrogen-bond acceptors (Lipinski definition) is 2. The van der Waals surface area contributed by atoms with Crippen molar-refractivity contribution in [2.24, 2.45) is 5.92 Å². The van der Waals surface area contributed by atoms with Gasteiger partial charge in [0.05, 0.1) is 0 Å². The van der Waals surface area contributed by atoms with Crippen LogP contribution in [-0.4, -0.2) is 30.9 Å². The second-order valence-electron chi connectivity index (χ2n) is 5.01. The lowest BCUT2D eigenvalue weighted by molar-refractivity contribution is -0.126. The van der Waals surface area contributed by atoms with Gasteiger partial charge in [-0.1, -0.05) is 30.3 Å². The minimum absolute atomic E-state index is 0.196. The maximum atomic E-state index is 11.6. The molecule has 1 atom stereocenters. The number of amides is 1. The molecule has 3 heteroatoms. The first-order valence-electron chi connectivity index (χ1n) is 6.73. The summed E-state index contributed by atoms with van der Waals surface area (Å²) in [5, 5.41) is 2.75. The third kappa shape index (κ3) is 2.91. The largest absolute Gasteiger partial charge is 0.359 e. The van der Waals surface area contributed by atoms with Crippen LogP contribution in [0, 0.1) is 5.92 Å². The van der Waals surface area contributed by atoms with E-state index >= 15 is 0 Å². The molecule has 0 radical (unpaired) electrons. The fraction of sp³-hybridized carbons (Fsp3) is 0.533. The number of carbonyl (C=O) groups is 1. The highest BCUT2D eigenvalue weighted by Crippen LogP contribution is 2.26. The molecule has 0 aromatic heterocycles. The van der Waals surface area contributed by atoms with Crippen molar-refractivity contribution in [3.05, 3.63) is 35.9 Å². The van der Waals surface area contributed by atoms with Crippen molar-refractivity contribution in [1.29, 1.82) is 0 Å². The van der Waals surface area contributed by atoms with Crippen LogP contribution >= 0.6 is 0 Å². The third-order valence-corrected chi connectivity index (χ3v) is 3.98. The molecule has 0 bridgehead atoms. The number of carbonyl (C=O) groups excluding carboxylic acids is 1.